The molecule has 19 heavy (non-hydrogen) atoms. The van der Waals surface area contributed by atoms with E-state index in [1.54, 1.807) is 4.90 Å². The van der Waals surface area contributed by atoms with Crippen LogP contribution < -0.4 is 10.2 Å². The van der Waals surface area contributed by atoms with Gasteiger partial charge in [0.15, 0.2) is 5.82 Å². The van der Waals surface area contributed by atoms with Crippen LogP contribution >= 0.6 is 0 Å². The van der Waals surface area contributed by atoms with E-state index in [0.717, 1.165) is 30.7 Å². The maximum absolute atomic E-state index is 11.6. The molecular formula is C14H22N4O. The number of amides is 2. The third-order valence-electron chi connectivity index (χ3n) is 4.34. The minimum atomic E-state index is -0.0308. The number of hydrogen-bond acceptors (Lipinski definition) is 2. The van der Waals surface area contributed by atoms with E-state index in [2.05, 4.69) is 17.3 Å². The molecule has 1 saturated carbocycles. The molecule has 0 atom stereocenters. The average Bonchev–Trinajstić information content (AvgIpc) is 3.01. The van der Waals surface area contributed by atoms with Gasteiger partial charge in [-0.2, -0.15) is 5.10 Å². The normalized spacial score (nSPS) is 27.6. The third kappa shape index (κ3) is 2.74. The monoisotopic (exact) mass is 262 g/mol. The molecule has 1 N–H and O–H groups in total. The Morgan fingerprint density at radius 1 is 1.37 bits per heavy atom. The van der Waals surface area contributed by atoms with Crippen molar-refractivity contribution >= 4 is 11.8 Å². The molecule has 2 amide bonds. The lowest BCUT2D eigenvalue weighted by Gasteiger charge is -2.25. The van der Waals surface area contributed by atoms with Gasteiger partial charge in [-0.05, 0) is 24.7 Å². The molecule has 3 rings (SSSR count). The summed E-state index contributed by atoms with van der Waals surface area (Å²) in [6.45, 7) is 4.76. The Hall–Kier alpha value is -1.52. The second-order valence-electron chi connectivity index (χ2n) is 5.91. The van der Waals surface area contributed by atoms with E-state index in [1.165, 1.54) is 25.7 Å². The van der Waals surface area contributed by atoms with Crippen LogP contribution in [0.3, 0.4) is 0 Å². The Morgan fingerprint density at radius 2 is 2.16 bits per heavy atom. The fourth-order valence-electron chi connectivity index (χ4n) is 3.06. The summed E-state index contributed by atoms with van der Waals surface area (Å²) in [5.74, 6) is 2.41. The van der Waals surface area contributed by atoms with Crippen LogP contribution in [0, 0.1) is 11.8 Å². The molecule has 2 fully saturated rings. The number of nitrogens with one attached hydrogen (secondary N) is 1. The van der Waals surface area contributed by atoms with Gasteiger partial charge in [0.05, 0.1) is 0 Å². The molecule has 104 valence electrons. The Morgan fingerprint density at radius 3 is 2.84 bits per heavy atom. The van der Waals surface area contributed by atoms with Crippen molar-refractivity contribution in [2.75, 3.05) is 18.0 Å². The summed E-state index contributed by atoms with van der Waals surface area (Å²) in [4.78, 5) is 13.3. The first-order valence-corrected chi connectivity index (χ1v) is 7.31. The summed E-state index contributed by atoms with van der Waals surface area (Å²) in [7, 11) is 0. The molecule has 1 saturated heterocycles. The van der Waals surface area contributed by atoms with Gasteiger partial charge >= 0.3 is 6.03 Å². The summed E-state index contributed by atoms with van der Waals surface area (Å²) >= 11 is 0. The van der Waals surface area contributed by atoms with Crippen molar-refractivity contribution < 1.29 is 4.79 Å². The zero-order valence-corrected chi connectivity index (χ0v) is 11.5. The van der Waals surface area contributed by atoms with E-state index >= 15 is 0 Å². The second-order valence-corrected chi connectivity index (χ2v) is 5.91. The highest BCUT2D eigenvalue weighted by Gasteiger charge is 2.24. The Balaban J connectivity index is 1.60. The molecule has 5 nitrogen and oxygen atoms in total. The molecule has 0 unspecified atom stereocenters. The summed E-state index contributed by atoms with van der Waals surface area (Å²) in [6, 6.07) is 1.91. The van der Waals surface area contributed by atoms with Gasteiger partial charge in [-0.3, -0.25) is 9.58 Å². The van der Waals surface area contributed by atoms with Crippen LogP contribution in [0.5, 0.6) is 0 Å². The summed E-state index contributed by atoms with van der Waals surface area (Å²) < 4.78 is 2.00. The van der Waals surface area contributed by atoms with Gasteiger partial charge in [0.25, 0.3) is 0 Å². The Bertz CT molecular complexity index is 448. The van der Waals surface area contributed by atoms with E-state index in [-0.39, 0.29) is 6.03 Å². The second kappa shape index (κ2) is 5.23. The molecule has 0 radical (unpaired) electrons. The number of anilines is 1. The zero-order chi connectivity index (χ0) is 13.2. The van der Waals surface area contributed by atoms with Crippen molar-refractivity contribution in [2.24, 2.45) is 11.8 Å². The molecule has 1 aromatic heterocycles. The molecular weight excluding hydrogens is 240 g/mol. The first kappa shape index (κ1) is 12.5. The summed E-state index contributed by atoms with van der Waals surface area (Å²) in [5, 5.41) is 7.34. The van der Waals surface area contributed by atoms with Gasteiger partial charge in [0.1, 0.15) is 0 Å². The molecule has 2 heterocycles. The lowest BCUT2D eigenvalue weighted by atomic mass is 9.83. The molecule has 0 aromatic carbocycles. The quantitative estimate of drug-likeness (QED) is 0.908. The minimum Gasteiger partial charge on any atom is -0.336 e. The van der Waals surface area contributed by atoms with E-state index in [9.17, 15) is 4.79 Å². The smallest absolute Gasteiger partial charge is 0.323 e. The minimum absolute atomic E-state index is 0.0308. The van der Waals surface area contributed by atoms with Crippen LogP contribution in [0.4, 0.5) is 10.6 Å². The first-order chi connectivity index (χ1) is 9.22. The number of rotatable bonds is 3. The lowest BCUT2D eigenvalue weighted by molar-refractivity contribution is 0.251. The third-order valence-corrected chi connectivity index (χ3v) is 4.34. The number of carbonyl (C=O) groups is 1. The molecule has 1 aromatic rings. The van der Waals surface area contributed by atoms with Gasteiger partial charge in [-0.25, -0.2) is 4.79 Å². The van der Waals surface area contributed by atoms with Gasteiger partial charge in [-0.1, -0.05) is 19.8 Å². The van der Waals surface area contributed by atoms with Gasteiger partial charge in [0.2, 0.25) is 0 Å². The van der Waals surface area contributed by atoms with Crippen LogP contribution in [0.25, 0.3) is 0 Å². The maximum Gasteiger partial charge on any atom is 0.323 e. The van der Waals surface area contributed by atoms with Gasteiger partial charge in [0, 0.05) is 31.9 Å². The number of nitrogens with zero attached hydrogens (tertiary/aromatic N) is 3. The largest absolute Gasteiger partial charge is 0.336 e. The predicted octanol–water partition coefficient (Wildman–Crippen LogP) is 2.24. The van der Waals surface area contributed by atoms with E-state index in [4.69, 9.17) is 0 Å². The topological polar surface area (TPSA) is 50.2 Å². The lowest BCUT2D eigenvalue weighted by Crippen LogP contribution is -2.28. The molecule has 5 heteroatoms. The van der Waals surface area contributed by atoms with Crippen LogP contribution in [0.2, 0.25) is 0 Å². The Labute approximate surface area is 114 Å². The molecule has 1 aliphatic heterocycles. The molecule has 0 bridgehead atoms. The van der Waals surface area contributed by atoms with Gasteiger partial charge < -0.3 is 5.32 Å². The highest BCUT2D eigenvalue weighted by molar-refractivity contribution is 5.92. The first-order valence-electron chi connectivity index (χ1n) is 7.31. The van der Waals surface area contributed by atoms with Crippen LogP contribution in [-0.4, -0.2) is 28.9 Å². The van der Waals surface area contributed by atoms with Crippen molar-refractivity contribution in [3.05, 3.63) is 12.3 Å². The standard InChI is InChI=1S/C14H22N4O/c1-11-2-4-12(5-3-11)10-17-8-6-13(16-17)18-9-7-15-14(18)19/h6,8,11-12H,2-5,7,9-10H2,1H3,(H,15,19)/t11-,12-. The predicted molar refractivity (Wildman–Crippen MR) is 74.1 cm³/mol. The van der Waals surface area contributed by atoms with E-state index in [0.29, 0.717) is 6.54 Å². The van der Waals surface area contributed by atoms with E-state index in [1.807, 2.05) is 16.9 Å². The summed E-state index contributed by atoms with van der Waals surface area (Å²) in [5.41, 5.74) is 0. The van der Waals surface area contributed by atoms with Crippen molar-refractivity contribution in [2.45, 2.75) is 39.2 Å². The summed E-state index contributed by atoms with van der Waals surface area (Å²) in [6.07, 6.45) is 7.29. The SMILES string of the molecule is C[C@H]1CC[C@H](Cn2ccc(N3CCNC3=O)n2)CC1. The van der Waals surface area contributed by atoms with Crippen molar-refractivity contribution in [3.8, 4) is 0 Å². The van der Waals surface area contributed by atoms with Crippen LogP contribution in [-0.2, 0) is 6.54 Å². The zero-order valence-electron chi connectivity index (χ0n) is 11.5. The highest BCUT2D eigenvalue weighted by atomic mass is 16.2. The van der Waals surface area contributed by atoms with Crippen LogP contribution in [0.15, 0.2) is 12.3 Å². The fourth-order valence-corrected chi connectivity index (χ4v) is 3.06. The van der Waals surface area contributed by atoms with Crippen LogP contribution in [0.1, 0.15) is 32.6 Å². The molecule has 2 aliphatic rings. The average molecular weight is 262 g/mol. The van der Waals surface area contributed by atoms with Crippen molar-refractivity contribution in [1.29, 1.82) is 0 Å². The number of urea groups is 1. The van der Waals surface area contributed by atoms with Crippen molar-refractivity contribution in [1.82, 2.24) is 15.1 Å². The van der Waals surface area contributed by atoms with Crippen molar-refractivity contribution in [3.63, 3.8) is 0 Å². The number of aromatic nitrogens is 2. The number of carbonyl (C=O) groups excluding carboxylic acids is 1. The Kier molecular flexibility index (Phi) is 3.44. The van der Waals surface area contributed by atoms with Gasteiger partial charge in [-0.15, -0.1) is 0 Å². The maximum atomic E-state index is 11.6. The number of hydrogen-bond donors (Lipinski definition) is 1. The molecule has 1 aliphatic carbocycles. The van der Waals surface area contributed by atoms with E-state index < -0.39 is 0 Å². The highest BCUT2D eigenvalue weighted by Crippen LogP contribution is 2.29. The molecule has 0 spiro atoms. The fraction of sp³-hybridized carbons (Fsp3) is 0.714.